The van der Waals surface area contributed by atoms with Crippen molar-refractivity contribution in [3.05, 3.63) is 35.4 Å². The van der Waals surface area contributed by atoms with Crippen LogP contribution < -0.4 is 10.6 Å². The second kappa shape index (κ2) is 5.87. The second-order valence-electron chi connectivity index (χ2n) is 5.80. The summed E-state index contributed by atoms with van der Waals surface area (Å²) in [6.07, 6.45) is 2.50. The number of nitrogens with one attached hydrogen (secondary N) is 2. The Bertz CT molecular complexity index is 497. The molecule has 0 bridgehead atoms. The fourth-order valence-corrected chi connectivity index (χ4v) is 2.51. The molecule has 0 saturated carbocycles. The summed E-state index contributed by atoms with van der Waals surface area (Å²) in [4.78, 5) is 12.0. The van der Waals surface area contributed by atoms with Crippen molar-refractivity contribution in [2.24, 2.45) is 0 Å². The van der Waals surface area contributed by atoms with Crippen LogP contribution in [0.5, 0.6) is 0 Å². The molecule has 1 aliphatic heterocycles. The number of halogens is 2. The third-order valence-electron chi connectivity index (χ3n) is 3.69. The van der Waals surface area contributed by atoms with Crippen LogP contribution in [0.25, 0.3) is 0 Å². The van der Waals surface area contributed by atoms with Gasteiger partial charge in [-0.3, -0.25) is 4.79 Å². The fourth-order valence-electron chi connectivity index (χ4n) is 2.51. The summed E-state index contributed by atoms with van der Waals surface area (Å²) < 4.78 is 26.2. The zero-order chi connectivity index (χ0) is 14.8. The number of hydrogen-bond acceptors (Lipinski definition) is 2. The second-order valence-corrected chi connectivity index (χ2v) is 5.80. The zero-order valence-electron chi connectivity index (χ0n) is 11.8. The summed E-state index contributed by atoms with van der Waals surface area (Å²) in [5, 5.41) is 6.14. The number of benzene rings is 1. The Kier molecular flexibility index (Phi) is 4.38. The first-order valence-electron chi connectivity index (χ1n) is 6.88. The molecular weight excluding hydrogens is 262 g/mol. The maximum atomic E-state index is 13.3. The lowest BCUT2D eigenvalue weighted by Crippen LogP contribution is -2.43. The maximum Gasteiger partial charge on any atom is 0.222 e. The molecule has 110 valence electrons. The Labute approximate surface area is 117 Å². The average molecular weight is 282 g/mol. The summed E-state index contributed by atoms with van der Waals surface area (Å²) >= 11 is 0. The standard InChI is InChI=1S/C15H20F2N2O/c1-15(2,10-5-6-12(16)13(17)8-10)19-14(20)9-11-4-3-7-18-11/h5-6,8,11,18H,3-4,7,9H2,1-2H3,(H,19,20). The average Bonchev–Trinajstić information content (AvgIpc) is 2.84. The summed E-state index contributed by atoms with van der Waals surface area (Å²) in [7, 11) is 0. The van der Waals surface area contributed by atoms with E-state index in [2.05, 4.69) is 10.6 Å². The largest absolute Gasteiger partial charge is 0.347 e. The van der Waals surface area contributed by atoms with Crippen LogP contribution in [0.15, 0.2) is 18.2 Å². The smallest absolute Gasteiger partial charge is 0.222 e. The van der Waals surface area contributed by atoms with Gasteiger partial charge in [0.15, 0.2) is 11.6 Å². The van der Waals surface area contributed by atoms with Gasteiger partial charge in [-0.05, 0) is 50.9 Å². The Morgan fingerprint density at radius 1 is 1.40 bits per heavy atom. The van der Waals surface area contributed by atoms with Gasteiger partial charge < -0.3 is 10.6 Å². The molecule has 0 radical (unpaired) electrons. The SMILES string of the molecule is CC(C)(NC(=O)CC1CCCN1)c1ccc(F)c(F)c1. The highest BCUT2D eigenvalue weighted by atomic mass is 19.2. The summed E-state index contributed by atoms with van der Waals surface area (Å²) in [6, 6.07) is 3.92. The lowest BCUT2D eigenvalue weighted by atomic mass is 9.93. The van der Waals surface area contributed by atoms with Crippen molar-refractivity contribution in [3.63, 3.8) is 0 Å². The number of carbonyl (C=O) groups is 1. The lowest BCUT2D eigenvalue weighted by molar-refractivity contribution is -0.123. The van der Waals surface area contributed by atoms with Crippen molar-refractivity contribution in [2.45, 2.75) is 44.7 Å². The van der Waals surface area contributed by atoms with Crippen LogP contribution in [0.4, 0.5) is 8.78 Å². The molecule has 3 nitrogen and oxygen atoms in total. The van der Waals surface area contributed by atoms with Crippen LogP contribution in [0.2, 0.25) is 0 Å². The first-order valence-corrected chi connectivity index (χ1v) is 6.88. The molecule has 1 atom stereocenters. The molecule has 0 aromatic heterocycles. The third-order valence-corrected chi connectivity index (χ3v) is 3.69. The van der Waals surface area contributed by atoms with Crippen molar-refractivity contribution in [1.29, 1.82) is 0 Å². The number of carbonyl (C=O) groups excluding carboxylic acids is 1. The van der Waals surface area contributed by atoms with Crippen LogP contribution in [-0.4, -0.2) is 18.5 Å². The van der Waals surface area contributed by atoms with Gasteiger partial charge >= 0.3 is 0 Å². The molecule has 5 heteroatoms. The van der Waals surface area contributed by atoms with Crippen molar-refractivity contribution >= 4 is 5.91 Å². The molecular formula is C15H20F2N2O. The molecule has 1 amide bonds. The van der Waals surface area contributed by atoms with E-state index in [0.717, 1.165) is 31.5 Å². The highest BCUT2D eigenvalue weighted by molar-refractivity contribution is 5.77. The van der Waals surface area contributed by atoms with Crippen LogP contribution in [0, 0.1) is 11.6 Å². The predicted molar refractivity (Wildman–Crippen MR) is 73.2 cm³/mol. The van der Waals surface area contributed by atoms with E-state index in [4.69, 9.17) is 0 Å². The number of rotatable bonds is 4. The van der Waals surface area contributed by atoms with E-state index in [9.17, 15) is 13.6 Å². The molecule has 1 saturated heterocycles. The molecule has 0 spiro atoms. The van der Waals surface area contributed by atoms with Gasteiger partial charge in [0, 0.05) is 12.5 Å². The first-order chi connectivity index (χ1) is 9.38. The van der Waals surface area contributed by atoms with E-state index < -0.39 is 17.2 Å². The Morgan fingerprint density at radius 2 is 2.15 bits per heavy atom. The van der Waals surface area contributed by atoms with Gasteiger partial charge in [0.2, 0.25) is 5.91 Å². The van der Waals surface area contributed by atoms with Gasteiger partial charge in [0.25, 0.3) is 0 Å². The summed E-state index contributed by atoms with van der Waals surface area (Å²) in [6.45, 7) is 4.50. The molecule has 1 heterocycles. The van der Waals surface area contributed by atoms with E-state index in [1.807, 2.05) is 0 Å². The monoisotopic (exact) mass is 282 g/mol. The van der Waals surface area contributed by atoms with Crippen LogP contribution >= 0.6 is 0 Å². The molecule has 2 rings (SSSR count). The molecule has 1 unspecified atom stereocenters. The summed E-state index contributed by atoms with van der Waals surface area (Å²) in [5.41, 5.74) is -0.186. The van der Waals surface area contributed by atoms with Gasteiger partial charge in [-0.25, -0.2) is 8.78 Å². The number of hydrogen-bond donors (Lipinski definition) is 2. The topological polar surface area (TPSA) is 41.1 Å². The Morgan fingerprint density at radius 3 is 2.75 bits per heavy atom. The van der Waals surface area contributed by atoms with Gasteiger partial charge in [0.1, 0.15) is 0 Å². The highest BCUT2D eigenvalue weighted by Crippen LogP contribution is 2.22. The molecule has 1 aromatic carbocycles. The van der Waals surface area contributed by atoms with Gasteiger partial charge in [-0.15, -0.1) is 0 Å². The molecule has 1 aromatic rings. The lowest BCUT2D eigenvalue weighted by Gasteiger charge is -2.27. The minimum Gasteiger partial charge on any atom is -0.347 e. The van der Waals surface area contributed by atoms with Gasteiger partial charge in [-0.1, -0.05) is 6.07 Å². The maximum absolute atomic E-state index is 13.3. The Balaban J connectivity index is 2.01. The Hall–Kier alpha value is -1.49. The van der Waals surface area contributed by atoms with E-state index in [1.54, 1.807) is 13.8 Å². The minimum absolute atomic E-state index is 0.0841. The van der Waals surface area contributed by atoms with E-state index in [-0.39, 0.29) is 11.9 Å². The molecule has 0 aliphatic carbocycles. The van der Waals surface area contributed by atoms with Gasteiger partial charge in [0.05, 0.1) is 5.54 Å². The molecule has 20 heavy (non-hydrogen) atoms. The number of amides is 1. The third kappa shape index (κ3) is 3.54. The van der Waals surface area contributed by atoms with Crippen LogP contribution in [0.1, 0.15) is 38.7 Å². The zero-order valence-corrected chi connectivity index (χ0v) is 11.8. The van der Waals surface area contributed by atoms with Gasteiger partial charge in [-0.2, -0.15) is 0 Å². The van der Waals surface area contributed by atoms with Crippen LogP contribution in [-0.2, 0) is 10.3 Å². The summed E-state index contributed by atoms with van der Waals surface area (Å²) in [5.74, 6) is -1.87. The van der Waals surface area contributed by atoms with Crippen molar-refractivity contribution in [2.75, 3.05) is 6.54 Å². The van der Waals surface area contributed by atoms with Crippen molar-refractivity contribution < 1.29 is 13.6 Å². The van der Waals surface area contributed by atoms with Crippen molar-refractivity contribution in [1.82, 2.24) is 10.6 Å². The molecule has 1 aliphatic rings. The molecule has 2 N–H and O–H groups in total. The highest BCUT2D eigenvalue weighted by Gasteiger charge is 2.26. The van der Waals surface area contributed by atoms with E-state index in [1.165, 1.54) is 6.07 Å². The van der Waals surface area contributed by atoms with E-state index in [0.29, 0.717) is 12.0 Å². The predicted octanol–water partition coefficient (Wildman–Crippen LogP) is 2.46. The first kappa shape index (κ1) is 14.9. The van der Waals surface area contributed by atoms with Crippen LogP contribution in [0.3, 0.4) is 0 Å². The minimum atomic E-state index is -0.901. The normalized spacial score (nSPS) is 19.1. The molecule has 1 fully saturated rings. The quantitative estimate of drug-likeness (QED) is 0.890. The van der Waals surface area contributed by atoms with E-state index >= 15 is 0 Å². The van der Waals surface area contributed by atoms with Crippen molar-refractivity contribution in [3.8, 4) is 0 Å². The fraction of sp³-hybridized carbons (Fsp3) is 0.533.